The Morgan fingerprint density at radius 1 is 1.35 bits per heavy atom. The van der Waals surface area contributed by atoms with E-state index in [1.807, 2.05) is 4.90 Å². The monoisotopic (exact) mass is 297 g/mol. The van der Waals surface area contributed by atoms with Crippen LogP contribution in [0.4, 0.5) is 5.69 Å². The average molecular weight is 298 g/mol. The van der Waals surface area contributed by atoms with E-state index in [-0.39, 0.29) is 12.5 Å². The van der Waals surface area contributed by atoms with Crippen molar-refractivity contribution in [2.45, 2.75) is 0 Å². The number of amides is 1. The van der Waals surface area contributed by atoms with Crippen molar-refractivity contribution >= 4 is 23.2 Å². The number of likely N-dealkylation sites (N-methyl/N-ethyl adjacent to an activating group) is 1. The molecule has 20 heavy (non-hydrogen) atoms. The highest BCUT2D eigenvalue weighted by Crippen LogP contribution is 2.27. The molecule has 1 aromatic rings. The number of nitrogens with zero attached hydrogens (tertiary/aromatic N) is 2. The topological polar surface area (TPSA) is 44.8 Å². The minimum atomic E-state index is 0.0973. The minimum Gasteiger partial charge on any atom is -0.495 e. The van der Waals surface area contributed by atoms with Crippen LogP contribution in [0.1, 0.15) is 0 Å². The number of halogens is 1. The number of methoxy groups -OCH3 is 1. The van der Waals surface area contributed by atoms with Crippen molar-refractivity contribution in [1.82, 2.24) is 9.80 Å². The van der Waals surface area contributed by atoms with Crippen LogP contribution < -0.4 is 10.1 Å². The molecule has 2 rings (SSSR count). The highest BCUT2D eigenvalue weighted by Gasteiger charge is 2.18. The van der Waals surface area contributed by atoms with E-state index in [2.05, 4.69) is 17.3 Å². The molecule has 1 N–H and O–H groups in total. The van der Waals surface area contributed by atoms with Gasteiger partial charge in [-0.15, -0.1) is 0 Å². The van der Waals surface area contributed by atoms with Crippen LogP contribution in [0.25, 0.3) is 0 Å². The number of nitrogens with one attached hydrogen (secondary N) is 1. The van der Waals surface area contributed by atoms with E-state index in [1.165, 1.54) is 0 Å². The molecule has 6 heteroatoms. The number of piperazine rings is 1. The summed E-state index contributed by atoms with van der Waals surface area (Å²) in [6, 6.07) is 5.30. The first-order valence-electron chi connectivity index (χ1n) is 6.64. The molecule has 0 unspecified atom stereocenters. The summed E-state index contributed by atoms with van der Waals surface area (Å²) in [6.07, 6.45) is 0. The van der Waals surface area contributed by atoms with Crippen LogP contribution in [0.2, 0.25) is 5.02 Å². The van der Waals surface area contributed by atoms with E-state index in [4.69, 9.17) is 16.3 Å². The molecule has 1 aliphatic rings. The summed E-state index contributed by atoms with van der Waals surface area (Å²) in [5.74, 6) is 0.778. The molecular formula is C14H20ClN3O2. The van der Waals surface area contributed by atoms with Gasteiger partial charge in [-0.2, -0.15) is 0 Å². The van der Waals surface area contributed by atoms with Crippen LogP contribution in [0.15, 0.2) is 18.2 Å². The maximum absolute atomic E-state index is 12.1. The first kappa shape index (κ1) is 14.9. The van der Waals surface area contributed by atoms with E-state index in [1.54, 1.807) is 25.3 Å². The predicted octanol–water partition coefficient (Wildman–Crippen LogP) is 1.53. The summed E-state index contributed by atoms with van der Waals surface area (Å²) < 4.78 is 5.24. The summed E-state index contributed by atoms with van der Waals surface area (Å²) >= 11 is 5.96. The van der Waals surface area contributed by atoms with Gasteiger partial charge in [0.2, 0.25) is 5.91 Å². The Morgan fingerprint density at radius 2 is 2.05 bits per heavy atom. The molecule has 1 fully saturated rings. The lowest BCUT2D eigenvalue weighted by Gasteiger charge is -2.32. The summed E-state index contributed by atoms with van der Waals surface area (Å²) in [4.78, 5) is 16.2. The number of hydrogen-bond acceptors (Lipinski definition) is 4. The van der Waals surface area contributed by atoms with E-state index in [9.17, 15) is 4.79 Å². The Bertz CT molecular complexity index is 473. The summed E-state index contributed by atoms with van der Waals surface area (Å²) in [7, 11) is 3.66. The molecule has 0 aliphatic carbocycles. The van der Waals surface area contributed by atoms with Crippen LogP contribution in [-0.4, -0.2) is 62.6 Å². The SMILES string of the molecule is COc1ccc(Cl)cc1NCC(=O)N1CCN(C)CC1. The van der Waals surface area contributed by atoms with Crippen molar-refractivity contribution < 1.29 is 9.53 Å². The van der Waals surface area contributed by atoms with E-state index < -0.39 is 0 Å². The first-order chi connectivity index (χ1) is 9.60. The van der Waals surface area contributed by atoms with Gasteiger partial charge in [0.1, 0.15) is 5.75 Å². The maximum Gasteiger partial charge on any atom is 0.241 e. The van der Waals surface area contributed by atoms with Gasteiger partial charge in [0, 0.05) is 31.2 Å². The molecule has 0 bridgehead atoms. The number of rotatable bonds is 4. The van der Waals surface area contributed by atoms with E-state index >= 15 is 0 Å². The molecule has 0 radical (unpaired) electrons. The molecule has 110 valence electrons. The summed E-state index contributed by atoms with van der Waals surface area (Å²) in [5.41, 5.74) is 0.738. The molecule has 1 aromatic carbocycles. The second-order valence-corrected chi connectivity index (χ2v) is 5.32. The van der Waals surface area contributed by atoms with E-state index in [0.29, 0.717) is 10.8 Å². The number of benzene rings is 1. The fourth-order valence-corrected chi connectivity index (χ4v) is 2.33. The molecule has 1 saturated heterocycles. The second kappa shape index (κ2) is 6.81. The standard InChI is InChI=1S/C14H20ClN3O2/c1-17-5-7-18(8-6-17)14(19)10-16-12-9-11(15)3-4-13(12)20-2/h3-4,9,16H,5-8,10H2,1-2H3. The Balaban J connectivity index is 1.91. The molecule has 5 nitrogen and oxygen atoms in total. The van der Waals surface area contributed by atoms with Gasteiger partial charge in [-0.05, 0) is 25.2 Å². The predicted molar refractivity (Wildman–Crippen MR) is 80.6 cm³/mol. The van der Waals surface area contributed by atoms with Gasteiger partial charge in [-0.3, -0.25) is 4.79 Å². The van der Waals surface area contributed by atoms with Gasteiger partial charge in [-0.25, -0.2) is 0 Å². The van der Waals surface area contributed by atoms with Crippen LogP contribution in [0.5, 0.6) is 5.75 Å². The third-order valence-corrected chi connectivity index (χ3v) is 3.68. The van der Waals surface area contributed by atoms with Crippen molar-refractivity contribution in [3.05, 3.63) is 23.2 Å². The Morgan fingerprint density at radius 3 is 2.70 bits per heavy atom. The largest absolute Gasteiger partial charge is 0.495 e. The maximum atomic E-state index is 12.1. The third-order valence-electron chi connectivity index (χ3n) is 3.45. The smallest absolute Gasteiger partial charge is 0.241 e. The molecule has 1 aliphatic heterocycles. The van der Waals surface area contributed by atoms with Crippen LogP contribution in [-0.2, 0) is 4.79 Å². The molecule has 0 saturated carbocycles. The highest BCUT2D eigenvalue weighted by molar-refractivity contribution is 6.30. The van der Waals surface area contributed by atoms with Crippen molar-refractivity contribution in [2.75, 3.05) is 52.2 Å². The van der Waals surface area contributed by atoms with Crippen molar-refractivity contribution in [2.24, 2.45) is 0 Å². The normalized spacial score (nSPS) is 16.1. The highest BCUT2D eigenvalue weighted by atomic mass is 35.5. The summed E-state index contributed by atoms with van der Waals surface area (Å²) in [5, 5.41) is 3.71. The number of anilines is 1. The van der Waals surface area contributed by atoms with Gasteiger partial charge < -0.3 is 19.9 Å². The number of hydrogen-bond donors (Lipinski definition) is 1. The first-order valence-corrected chi connectivity index (χ1v) is 7.01. The van der Waals surface area contributed by atoms with Crippen molar-refractivity contribution in [3.8, 4) is 5.75 Å². The molecule has 1 heterocycles. The number of carbonyl (C=O) groups is 1. The van der Waals surface area contributed by atoms with Gasteiger partial charge in [-0.1, -0.05) is 11.6 Å². The molecule has 0 spiro atoms. The van der Waals surface area contributed by atoms with Gasteiger partial charge >= 0.3 is 0 Å². The summed E-state index contributed by atoms with van der Waals surface area (Å²) in [6.45, 7) is 3.66. The van der Waals surface area contributed by atoms with Gasteiger partial charge in [0.15, 0.2) is 0 Å². The zero-order valence-corrected chi connectivity index (χ0v) is 12.6. The fraction of sp³-hybridized carbons (Fsp3) is 0.500. The fourth-order valence-electron chi connectivity index (χ4n) is 2.16. The van der Waals surface area contributed by atoms with E-state index in [0.717, 1.165) is 31.9 Å². The third kappa shape index (κ3) is 3.77. The number of carbonyl (C=O) groups excluding carboxylic acids is 1. The van der Waals surface area contributed by atoms with Crippen LogP contribution >= 0.6 is 11.6 Å². The lowest BCUT2D eigenvalue weighted by atomic mass is 10.2. The average Bonchev–Trinajstić information content (AvgIpc) is 2.45. The Hall–Kier alpha value is -1.46. The molecular weight excluding hydrogens is 278 g/mol. The lowest BCUT2D eigenvalue weighted by Crippen LogP contribution is -2.48. The van der Waals surface area contributed by atoms with Crippen LogP contribution in [0.3, 0.4) is 0 Å². The molecule has 1 amide bonds. The van der Waals surface area contributed by atoms with Gasteiger partial charge in [0.25, 0.3) is 0 Å². The zero-order valence-electron chi connectivity index (χ0n) is 11.9. The van der Waals surface area contributed by atoms with Crippen molar-refractivity contribution in [1.29, 1.82) is 0 Å². The second-order valence-electron chi connectivity index (χ2n) is 4.88. The molecule has 0 atom stereocenters. The Kier molecular flexibility index (Phi) is 5.09. The quantitative estimate of drug-likeness (QED) is 0.915. The van der Waals surface area contributed by atoms with Crippen molar-refractivity contribution in [3.63, 3.8) is 0 Å². The zero-order chi connectivity index (χ0) is 14.5. The molecule has 0 aromatic heterocycles. The minimum absolute atomic E-state index is 0.0973. The lowest BCUT2D eigenvalue weighted by molar-refractivity contribution is -0.130. The number of ether oxygens (including phenoxy) is 1. The van der Waals surface area contributed by atoms with Crippen LogP contribution in [0, 0.1) is 0 Å². The Labute approximate surface area is 124 Å². The van der Waals surface area contributed by atoms with Gasteiger partial charge in [0.05, 0.1) is 19.3 Å².